The highest BCUT2D eigenvalue weighted by molar-refractivity contribution is 5.95. The first kappa shape index (κ1) is 21.2. The Hall–Kier alpha value is -3.48. The second-order valence-electron chi connectivity index (χ2n) is 6.67. The molecule has 1 aliphatic rings. The van der Waals surface area contributed by atoms with E-state index in [1.807, 2.05) is 24.3 Å². The van der Waals surface area contributed by atoms with Crippen molar-refractivity contribution in [2.75, 3.05) is 41.0 Å². The minimum absolute atomic E-state index is 0.160. The molecule has 0 aromatic heterocycles. The smallest absolute Gasteiger partial charge is 0.342 e. The third-order valence-corrected chi connectivity index (χ3v) is 4.96. The Kier molecular flexibility index (Phi) is 6.95. The van der Waals surface area contributed by atoms with Crippen LogP contribution in [0.4, 0.5) is 0 Å². The van der Waals surface area contributed by atoms with E-state index < -0.39 is 5.97 Å². The maximum Gasteiger partial charge on any atom is 0.342 e. The number of ether oxygens (including phenoxy) is 4. The van der Waals surface area contributed by atoms with Crippen molar-refractivity contribution in [2.45, 2.75) is 6.42 Å². The normalized spacial score (nSPS) is 13.3. The number of nitrogens with zero attached hydrogens (tertiary/aromatic N) is 1. The van der Waals surface area contributed by atoms with Gasteiger partial charge in [-0.1, -0.05) is 36.4 Å². The molecular formula is C23H25NO6. The summed E-state index contributed by atoms with van der Waals surface area (Å²) >= 11 is 0. The molecule has 1 aliphatic heterocycles. The van der Waals surface area contributed by atoms with E-state index in [1.54, 1.807) is 4.90 Å². The summed E-state index contributed by atoms with van der Waals surface area (Å²) in [5, 5.41) is 0. The molecule has 0 unspecified atom stereocenters. The number of hydrogen-bond acceptors (Lipinski definition) is 6. The van der Waals surface area contributed by atoms with Gasteiger partial charge in [0.15, 0.2) is 18.1 Å². The molecule has 0 aliphatic carbocycles. The zero-order valence-electron chi connectivity index (χ0n) is 17.3. The quantitative estimate of drug-likeness (QED) is 0.652. The van der Waals surface area contributed by atoms with E-state index in [4.69, 9.17) is 18.9 Å². The maximum atomic E-state index is 12.5. The summed E-state index contributed by atoms with van der Waals surface area (Å²) < 4.78 is 20.9. The number of hydrogen-bond donors (Lipinski definition) is 0. The van der Waals surface area contributed by atoms with Gasteiger partial charge in [-0.15, -0.1) is 0 Å². The Labute approximate surface area is 175 Å². The standard InChI is InChI=1S/C23H25NO6/c1-27-19-14-21(29-3)20(28-2)13-18(19)23(26)30-15-22(25)24-11-9-17(10-12-24)16-7-5-4-6-8-16/h4-9,13-14H,10-12,15H2,1-3H3. The van der Waals surface area contributed by atoms with Crippen LogP contribution < -0.4 is 14.2 Å². The lowest BCUT2D eigenvalue weighted by molar-refractivity contribution is -0.134. The Bertz CT molecular complexity index is 938. The van der Waals surface area contributed by atoms with E-state index >= 15 is 0 Å². The average Bonchev–Trinajstić information content (AvgIpc) is 2.81. The molecule has 1 heterocycles. The van der Waals surface area contributed by atoms with Crippen molar-refractivity contribution in [3.05, 3.63) is 59.7 Å². The van der Waals surface area contributed by atoms with Crippen molar-refractivity contribution in [2.24, 2.45) is 0 Å². The summed E-state index contributed by atoms with van der Waals surface area (Å²) in [5.74, 6) is 0.158. The highest BCUT2D eigenvalue weighted by atomic mass is 16.5. The van der Waals surface area contributed by atoms with E-state index in [-0.39, 0.29) is 23.8 Å². The first-order valence-electron chi connectivity index (χ1n) is 9.56. The highest BCUT2D eigenvalue weighted by Gasteiger charge is 2.22. The Morgan fingerprint density at radius 3 is 2.20 bits per heavy atom. The zero-order chi connectivity index (χ0) is 21.5. The fourth-order valence-electron chi connectivity index (χ4n) is 3.30. The van der Waals surface area contributed by atoms with Crippen molar-refractivity contribution in [3.8, 4) is 17.2 Å². The van der Waals surface area contributed by atoms with Crippen LogP contribution in [0.2, 0.25) is 0 Å². The van der Waals surface area contributed by atoms with Gasteiger partial charge in [0, 0.05) is 25.2 Å². The SMILES string of the molecule is COc1cc(OC)c(C(=O)OCC(=O)N2CC=C(c3ccccc3)CC2)cc1OC. The van der Waals surface area contributed by atoms with Crippen LogP contribution in [0.15, 0.2) is 48.5 Å². The monoisotopic (exact) mass is 411 g/mol. The summed E-state index contributed by atoms with van der Waals surface area (Å²) in [5.41, 5.74) is 2.54. The lowest BCUT2D eigenvalue weighted by Gasteiger charge is -2.26. The van der Waals surface area contributed by atoms with Gasteiger partial charge in [0.2, 0.25) is 0 Å². The van der Waals surface area contributed by atoms with Gasteiger partial charge in [0.1, 0.15) is 11.3 Å². The summed E-state index contributed by atoms with van der Waals surface area (Å²) in [6.07, 6.45) is 2.79. The van der Waals surface area contributed by atoms with Gasteiger partial charge in [0.05, 0.1) is 21.3 Å². The summed E-state index contributed by atoms with van der Waals surface area (Å²) in [6, 6.07) is 13.1. The summed E-state index contributed by atoms with van der Waals surface area (Å²) in [7, 11) is 4.40. The lowest BCUT2D eigenvalue weighted by Crippen LogP contribution is -2.37. The second-order valence-corrected chi connectivity index (χ2v) is 6.67. The topological polar surface area (TPSA) is 74.3 Å². The van der Waals surface area contributed by atoms with Gasteiger partial charge in [-0.3, -0.25) is 4.79 Å². The number of benzene rings is 2. The van der Waals surface area contributed by atoms with Crippen LogP contribution in [0.1, 0.15) is 22.3 Å². The van der Waals surface area contributed by atoms with Crippen molar-refractivity contribution < 1.29 is 28.5 Å². The number of esters is 1. The van der Waals surface area contributed by atoms with Crippen LogP contribution in [0.25, 0.3) is 5.57 Å². The number of rotatable bonds is 7. The minimum Gasteiger partial charge on any atom is -0.496 e. The van der Waals surface area contributed by atoms with Gasteiger partial charge in [-0.25, -0.2) is 4.79 Å². The molecule has 0 fully saturated rings. The largest absolute Gasteiger partial charge is 0.496 e. The Morgan fingerprint density at radius 2 is 1.60 bits per heavy atom. The maximum absolute atomic E-state index is 12.5. The van der Waals surface area contributed by atoms with E-state index in [9.17, 15) is 9.59 Å². The van der Waals surface area contributed by atoms with Crippen LogP contribution in [-0.2, 0) is 9.53 Å². The fraction of sp³-hybridized carbons (Fsp3) is 0.304. The average molecular weight is 411 g/mol. The first-order valence-corrected chi connectivity index (χ1v) is 9.56. The van der Waals surface area contributed by atoms with Crippen LogP contribution in [0, 0.1) is 0 Å². The molecule has 0 radical (unpaired) electrons. The molecule has 0 bridgehead atoms. The Morgan fingerprint density at radius 1 is 0.933 bits per heavy atom. The number of carbonyl (C=O) groups excluding carboxylic acids is 2. The third-order valence-electron chi connectivity index (χ3n) is 4.96. The van der Waals surface area contributed by atoms with Crippen LogP contribution >= 0.6 is 0 Å². The molecule has 2 aromatic rings. The van der Waals surface area contributed by atoms with E-state index in [0.29, 0.717) is 24.6 Å². The first-order chi connectivity index (χ1) is 14.6. The van der Waals surface area contributed by atoms with Crippen molar-refractivity contribution in [3.63, 3.8) is 0 Å². The molecule has 0 saturated heterocycles. The molecule has 1 amide bonds. The molecule has 0 atom stereocenters. The van der Waals surface area contributed by atoms with Gasteiger partial charge in [-0.05, 0) is 17.6 Å². The van der Waals surface area contributed by atoms with E-state index in [1.165, 1.54) is 39.0 Å². The summed E-state index contributed by atoms with van der Waals surface area (Å²) in [4.78, 5) is 26.7. The predicted octanol–water partition coefficient (Wildman–Crippen LogP) is 3.19. The van der Waals surface area contributed by atoms with Crippen LogP contribution in [0.5, 0.6) is 17.2 Å². The lowest BCUT2D eigenvalue weighted by atomic mass is 10.00. The molecule has 158 valence electrons. The number of carbonyl (C=O) groups is 2. The predicted molar refractivity (Wildman–Crippen MR) is 112 cm³/mol. The molecule has 0 saturated carbocycles. The van der Waals surface area contributed by atoms with Gasteiger partial charge in [-0.2, -0.15) is 0 Å². The molecule has 7 nitrogen and oxygen atoms in total. The molecule has 0 spiro atoms. The molecule has 0 N–H and O–H groups in total. The fourth-order valence-corrected chi connectivity index (χ4v) is 3.30. The molecule has 2 aromatic carbocycles. The Balaban J connectivity index is 1.61. The minimum atomic E-state index is -0.668. The van der Waals surface area contributed by atoms with Crippen molar-refractivity contribution >= 4 is 17.4 Å². The molecule has 7 heteroatoms. The highest BCUT2D eigenvalue weighted by Crippen LogP contribution is 2.35. The van der Waals surface area contributed by atoms with E-state index in [0.717, 1.165) is 12.0 Å². The van der Waals surface area contributed by atoms with Gasteiger partial charge in [0.25, 0.3) is 5.91 Å². The third kappa shape index (κ3) is 4.74. The van der Waals surface area contributed by atoms with Crippen molar-refractivity contribution in [1.29, 1.82) is 0 Å². The molecule has 3 rings (SSSR count). The van der Waals surface area contributed by atoms with Gasteiger partial charge >= 0.3 is 5.97 Å². The van der Waals surface area contributed by atoms with Gasteiger partial charge < -0.3 is 23.8 Å². The second kappa shape index (κ2) is 9.82. The van der Waals surface area contributed by atoms with Crippen molar-refractivity contribution in [1.82, 2.24) is 4.90 Å². The van der Waals surface area contributed by atoms with Crippen LogP contribution in [0.3, 0.4) is 0 Å². The molecule has 30 heavy (non-hydrogen) atoms. The molecular weight excluding hydrogens is 386 g/mol. The van der Waals surface area contributed by atoms with E-state index in [2.05, 4.69) is 12.1 Å². The zero-order valence-corrected chi connectivity index (χ0v) is 17.3. The number of amides is 1. The van der Waals surface area contributed by atoms with Crippen LogP contribution in [-0.4, -0.2) is 57.8 Å². The summed E-state index contributed by atoms with van der Waals surface area (Å²) in [6.45, 7) is 0.724. The number of methoxy groups -OCH3 is 3.